The number of allylic oxidation sites excluding steroid dienone is 1. The molecule has 5 rings (SSSR count). The van der Waals surface area contributed by atoms with Crippen LogP contribution in [0.2, 0.25) is 0 Å². The number of esters is 1. The Hall–Kier alpha value is -3.39. The van der Waals surface area contributed by atoms with Crippen molar-refractivity contribution in [3.05, 3.63) is 78.3 Å². The number of carbonyl (C=O) groups excluding carboxylic acids is 1. The lowest BCUT2D eigenvalue weighted by Gasteiger charge is -2.49. The van der Waals surface area contributed by atoms with Crippen LogP contribution in [0.15, 0.2) is 65.7 Å². The van der Waals surface area contributed by atoms with E-state index in [0.29, 0.717) is 5.69 Å². The van der Waals surface area contributed by atoms with Crippen molar-refractivity contribution in [2.75, 3.05) is 0 Å². The normalized spacial score (nSPS) is 30.2. The minimum absolute atomic E-state index is 0.0348. The predicted molar refractivity (Wildman–Crippen MR) is 129 cm³/mol. The van der Waals surface area contributed by atoms with Crippen molar-refractivity contribution in [1.82, 2.24) is 9.97 Å². The lowest BCUT2D eigenvalue weighted by atomic mass is 9.54. The maximum absolute atomic E-state index is 15.4. The van der Waals surface area contributed by atoms with Crippen LogP contribution in [0.1, 0.15) is 43.3 Å². The molecule has 1 saturated heterocycles. The van der Waals surface area contributed by atoms with Crippen LogP contribution in [0.25, 0.3) is 17.2 Å². The molecule has 0 spiro atoms. The first-order valence-corrected chi connectivity index (χ1v) is 12.0. The van der Waals surface area contributed by atoms with Gasteiger partial charge in [-0.15, -0.1) is 0 Å². The van der Waals surface area contributed by atoms with E-state index >= 15 is 8.78 Å². The second kappa shape index (κ2) is 8.92. The van der Waals surface area contributed by atoms with Crippen LogP contribution in [0.5, 0.6) is 0 Å². The number of aliphatic hydroxyl groups excluding tert-OH is 1. The van der Waals surface area contributed by atoms with Gasteiger partial charge in [0.05, 0.1) is 5.69 Å². The van der Waals surface area contributed by atoms with Crippen LogP contribution in [0.3, 0.4) is 0 Å². The van der Waals surface area contributed by atoms with Crippen molar-refractivity contribution < 1.29 is 27.8 Å². The van der Waals surface area contributed by atoms with Crippen LogP contribution in [0.4, 0.5) is 8.78 Å². The Kier molecular flexibility index (Phi) is 6.03. The smallest absolute Gasteiger partial charge is 0.316 e. The van der Waals surface area contributed by atoms with Gasteiger partial charge in [-0.2, -0.15) is 0 Å². The fourth-order valence-corrected chi connectivity index (χ4v) is 5.96. The van der Waals surface area contributed by atoms with Crippen molar-refractivity contribution in [3.8, 4) is 11.1 Å². The van der Waals surface area contributed by atoms with Gasteiger partial charge in [-0.05, 0) is 43.0 Å². The largest absolute Gasteiger partial charge is 0.462 e. The number of pyridine rings is 1. The highest BCUT2D eigenvalue weighted by Gasteiger charge is 2.71. The Morgan fingerprint density at radius 3 is 2.61 bits per heavy atom. The molecule has 1 unspecified atom stereocenters. The quantitative estimate of drug-likeness (QED) is 0.463. The van der Waals surface area contributed by atoms with Gasteiger partial charge in [0.1, 0.15) is 29.6 Å². The molecule has 188 valence electrons. The predicted octanol–water partition coefficient (Wildman–Crippen LogP) is 5.63. The fourth-order valence-electron chi connectivity index (χ4n) is 5.96. The summed E-state index contributed by atoms with van der Waals surface area (Å²) in [5.74, 6) is -6.58. The maximum Gasteiger partial charge on any atom is 0.316 e. The summed E-state index contributed by atoms with van der Waals surface area (Å²) in [7, 11) is 0. The van der Waals surface area contributed by atoms with E-state index in [0.717, 1.165) is 23.1 Å². The number of cyclic esters (lactones) is 1. The van der Waals surface area contributed by atoms with Gasteiger partial charge in [0.25, 0.3) is 5.92 Å². The first-order valence-electron chi connectivity index (χ1n) is 12.0. The standard InChI is InChI=1S/C28H28F2N2O4/c1-16-6-4-5-7-21(16)19-8-9-20(31-12-19)10-11-22-17(2)28(29,30)14-27(24(22)18(3)36-26(27)34)25(33)23-13-35-15-32-23/h4-13,15,17-18,22,24-25,33H,14H2,1-3H3/b11-10+/t17-,18+,22-,24-,25?,27+/m0/s1. The monoisotopic (exact) mass is 494 g/mol. The highest BCUT2D eigenvalue weighted by atomic mass is 19.3. The van der Waals surface area contributed by atoms with E-state index in [-0.39, 0.29) is 5.69 Å². The van der Waals surface area contributed by atoms with Crippen molar-refractivity contribution in [2.24, 2.45) is 23.2 Å². The number of carbonyl (C=O) groups is 1. The SMILES string of the molecule is Cc1ccccc1-c1ccc(/C=C/[C@@H]2[C@@H]3[C@@H](C)OC(=O)[C@]3(C(O)c3cocn3)CC(F)(F)[C@H]2C)nc1. The van der Waals surface area contributed by atoms with Crippen molar-refractivity contribution in [3.63, 3.8) is 0 Å². The van der Waals surface area contributed by atoms with Gasteiger partial charge in [-0.3, -0.25) is 9.78 Å². The molecule has 2 aliphatic rings. The first-order chi connectivity index (χ1) is 17.1. The summed E-state index contributed by atoms with van der Waals surface area (Å²) in [4.78, 5) is 21.5. The van der Waals surface area contributed by atoms with Crippen LogP contribution in [-0.4, -0.2) is 33.1 Å². The Labute approximate surface area is 208 Å². The highest BCUT2D eigenvalue weighted by molar-refractivity contribution is 5.81. The Morgan fingerprint density at radius 2 is 1.94 bits per heavy atom. The number of rotatable bonds is 5. The average molecular weight is 495 g/mol. The summed E-state index contributed by atoms with van der Waals surface area (Å²) in [5, 5.41) is 11.2. The number of ether oxygens (including phenoxy) is 1. The molecule has 1 aromatic carbocycles. The zero-order chi connectivity index (χ0) is 25.7. The molecule has 1 aliphatic heterocycles. The van der Waals surface area contributed by atoms with Crippen molar-refractivity contribution in [2.45, 2.75) is 45.3 Å². The molecule has 6 nitrogen and oxygen atoms in total. The third kappa shape index (κ3) is 3.84. The van der Waals surface area contributed by atoms with E-state index in [2.05, 4.69) is 9.97 Å². The van der Waals surface area contributed by atoms with Gasteiger partial charge in [-0.25, -0.2) is 13.8 Å². The second-order valence-corrected chi connectivity index (χ2v) is 9.94. The summed E-state index contributed by atoms with van der Waals surface area (Å²) in [5.41, 5.74) is 1.96. The Balaban J connectivity index is 1.50. The van der Waals surface area contributed by atoms with Gasteiger partial charge < -0.3 is 14.3 Å². The third-order valence-electron chi connectivity index (χ3n) is 7.91. The number of alkyl halides is 2. The molecular formula is C28H28F2N2O4. The van der Waals surface area contributed by atoms with E-state index < -0.39 is 53.7 Å². The maximum atomic E-state index is 15.4. The molecule has 3 aromatic rings. The van der Waals surface area contributed by atoms with Gasteiger partial charge in [0.15, 0.2) is 6.39 Å². The third-order valence-corrected chi connectivity index (χ3v) is 7.91. The zero-order valence-corrected chi connectivity index (χ0v) is 20.3. The molecule has 0 bridgehead atoms. The van der Waals surface area contributed by atoms with E-state index in [4.69, 9.17) is 9.15 Å². The van der Waals surface area contributed by atoms with Gasteiger partial charge >= 0.3 is 5.97 Å². The Morgan fingerprint density at radius 1 is 1.17 bits per heavy atom. The lowest BCUT2D eigenvalue weighted by Crippen LogP contribution is -2.56. The summed E-state index contributed by atoms with van der Waals surface area (Å²) < 4.78 is 41.3. The van der Waals surface area contributed by atoms with Gasteiger partial charge in [0.2, 0.25) is 0 Å². The van der Waals surface area contributed by atoms with E-state index in [1.54, 1.807) is 25.3 Å². The second-order valence-electron chi connectivity index (χ2n) is 9.94. The first kappa shape index (κ1) is 24.3. The minimum atomic E-state index is -3.22. The zero-order valence-electron chi connectivity index (χ0n) is 20.3. The molecule has 3 heterocycles. The van der Waals surface area contributed by atoms with Gasteiger partial charge in [0, 0.05) is 30.0 Å². The molecule has 2 aromatic heterocycles. The molecule has 1 saturated carbocycles. The summed E-state index contributed by atoms with van der Waals surface area (Å²) in [6.07, 6.45) is 4.34. The summed E-state index contributed by atoms with van der Waals surface area (Å²) >= 11 is 0. The summed E-state index contributed by atoms with van der Waals surface area (Å²) in [6, 6.07) is 11.8. The van der Waals surface area contributed by atoms with E-state index in [1.165, 1.54) is 13.2 Å². The van der Waals surface area contributed by atoms with Crippen molar-refractivity contribution >= 4 is 12.0 Å². The number of nitrogens with zero attached hydrogens (tertiary/aromatic N) is 2. The number of halogens is 2. The molecule has 1 N–H and O–H groups in total. The Bertz CT molecular complexity index is 1270. The van der Waals surface area contributed by atoms with Crippen LogP contribution in [0, 0.1) is 30.1 Å². The topological polar surface area (TPSA) is 85.5 Å². The molecule has 8 heteroatoms. The number of aliphatic hydroxyl groups is 1. The van der Waals surface area contributed by atoms with Crippen LogP contribution >= 0.6 is 0 Å². The molecule has 0 amide bonds. The van der Waals surface area contributed by atoms with Crippen LogP contribution < -0.4 is 0 Å². The molecule has 0 radical (unpaired) electrons. The number of oxazole rings is 1. The fraction of sp³-hybridized carbons (Fsp3) is 0.393. The number of hydrogen-bond donors (Lipinski definition) is 1. The lowest BCUT2D eigenvalue weighted by molar-refractivity contribution is -0.192. The number of hydrogen-bond acceptors (Lipinski definition) is 6. The number of fused-ring (bicyclic) bond motifs is 1. The molecular weight excluding hydrogens is 466 g/mol. The van der Waals surface area contributed by atoms with E-state index in [9.17, 15) is 9.90 Å². The van der Waals surface area contributed by atoms with Gasteiger partial charge in [-0.1, -0.05) is 43.3 Å². The minimum Gasteiger partial charge on any atom is -0.462 e. The molecule has 36 heavy (non-hydrogen) atoms. The molecule has 1 aliphatic carbocycles. The molecule has 2 fully saturated rings. The van der Waals surface area contributed by atoms with Crippen molar-refractivity contribution in [1.29, 1.82) is 0 Å². The van der Waals surface area contributed by atoms with Crippen LogP contribution in [-0.2, 0) is 9.53 Å². The summed E-state index contributed by atoms with van der Waals surface area (Å²) in [6.45, 7) is 5.19. The number of aromatic nitrogens is 2. The average Bonchev–Trinajstić information content (AvgIpc) is 3.47. The molecule has 6 atom stereocenters. The highest BCUT2D eigenvalue weighted by Crippen LogP contribution is 2.63. The van der Waals surface area contributed by atoms with E-state index in [1.807, 2.05) is 43.3 Å². The number of benzene rings is 1. The number of aryl methyl sites for hydroxylation is 1.